The molecule has 2 aromatic rings. The molecule has 1 unspecified atom stereocenters. The van der Waals surface area contributed by atoms with Gasteiger partial charge in [0.25, 0.3) is 0 Å². The summed E-state index contributed by atoms with van der Waals surface area (Å²) in [5.74, 6) is 0.0640. The molecule has 5 nitrogen and oxygen atoms in total. The van der Waals surface area contributed by atoms with Crippen LogP contribution in [0.15, 0.2) is 53.7 Å². The Labute approximate surface area is 187 Å². The summed E-state index contributed by atoms with van der Waals surface area (Å²) >= 11 is 11.9. The second-order valence-corrected chi connectivity index (χ2v) is 7.80. The molecule has 0 radical (unpaired) electrons. The molecular weight excluding hydrogens is 420 g/mol. The van der Waals surface area contributed by atoms with Crippen LogP contribution in [0.25, 0.3) is 0 Å². The molecule has 0 amide bonds. The fourth-order valence-corrected chi connectivity index (χ4v) is 4.15. The van der Waals surface area contributed by atoms with Crippen molar-refractivity contribution >= 4 is 34.7 Å². The van der Waals surface area contributed by atoms with Gasteiger partial charge in [-0.2, -0.15) is 0 Å². The predicted octanol–water partition coefficient (Wildman–Crippen LogP) is 5.24. The Morgan fingerprint density at radius 1 is 1.27 bits per heavy atom. The van der Waals surface area contributed by atoms with Gasteiger partial charge in [-0.15, -0.1) is 0 Å². The maximum atomic E-state index is 13.5. The van der Waals surface area contributed by atoms with Gasteiger partial charge in [0, 0.05) is 23.4 Å². The molecule has 1 aliphatic rings. The number of rotatable bonds is 7. The number of benzene rings is 2. The van der Waals surface area contributed by atoms with Crippen LogP contribution in [0.5, 0.6) is 11.5 Å². The van der Waals surface area contributed by atoms with Gasteiger partial charge in [0.2, 0.25) is 0 Å². The quantitative estimate of drug-likeness (QED) is 0.449. The lowest BCUT2D eigenvalue weighted by molar-refractivity contribution is 0.102. The first-order chi connectivity index (χ1) is 14.4. The summed E-state index contributed by atoms with van der Waals surface area (Å²) in [4.78, 5) is 15.5. The van der Waals surface area contributed by atoms with Gasteiger partial charge in [0.1, 0.15) is 0 Å². The Hall–Kier alpha value is -2.57. The van der Waals surface area contributed by atoms with Crippen LogP contribution in [-0.4, -0.2) is 34.1 Å². The van der Waals surface area contributed by atoms with Crippen molar-refractivity contribution in [3.05, 3.63) is 69.9 Å². The van der Waals surface area contributed by atoms with E-state index in [1.54, 1.807) is 24.3 Å². The molecule has 0 saturated carbocycles. The number of nitrogens with one attached hydrogen (secondary N) is 1. The van der Waals surface area contributed by atoms with Crippen LogP contribution >= 0.6 is 23.8 Å². The van der Waals surface area contributed by atoms with Crippen molar-refractivity contribution < 1.29 is 14.6 Å². The number of Topliss-reactive ketones (excluding diaryl/α,β-unsaturated/α-hetero) is 1. The van der Waals surface area contributed by atoms with E-state index in [2.05, 4.69) is 12.2 Å². The van der Waals surface area contributed by atoms with Gasteiger partial charge in [-0.25, -0.2) is 0 Å². The third kappa shape index (κ3) is 4.30. The Balaban J connectivity index is 2.17. The molecule has 0 aromatic heterocycles. The number of hydrogen-bond acceptors (Lipinski definition) is 4. The highest BCUT2D eigenvalue weighted by molar-refractivity contribution is 7.80. The average Bonchev–Trinajstić information content (AvgIpc) is 2.74. The number of ketones is 1. The fraction of sp³-hybridized carbons (Fsp3) is 0.304. The highest BCUT2D eigenvalue weighted by Gasteiger charge is 2.34. The van der Waals surface area contributed by atoms with Crippen LogP contribution in [0.1, 0.15) is 49.2 Å². The number of thiocarbonyl (C=S) groups is 1. The zero-order valence-corrected chi connectivity index (χ0v) is 18.8. The van der Waals surface area contributed by atoms with E-state index in [1.165, 1.54) is 0 Å². The van der Waals surface area contributed by atoms with Crippen molar-refractivity contribution in [3.63, 3.8) is 0 Å². The Morgan fingerprint density at radius 2 is 1.97 bits per heavy atom. The summed E-state index contributed by atoms with van der Waals surface area (Å²) in [6.07, 6.45) is 0.885. The van der Waals surface area contributed by atoms with Gasteiger partial charge in [0.15, 0.2) is 22.4 Å². The lowest BCUT2D eigenvalue weighted by atomic mass is 9.89. The number of phenolic OH excluding ortho intramolecular Hbond substituents is 1. The molecule has 0 fully saturated rings. The van der Waals surface area contributed by atoms with Crippen molar-refractivity contribution in [2.24, 2.45) is 0 Å². The lowest BCUT2D eigenvalue weighted by Gasteiger charge is -2.38. The predicted molar refractivity (Wildman–Crippen MR) is 123 cm³/mol. The molecule has 0 aliphatic carbocycles. The molecule has 158 valence electrons. The van der Waals surface area contributed by atoms with E-state index in [9.17, 15) is 9.90 Å². The van der Waals surface area contributed by atoms with Crippen LogP contribution < -0.4 is 10.1 Å². The van der Waals surface area contributed by atoms with Crippen LogP contribution in [0.4, 0.5) is 0 Å². The maximum Gasteiger partial charge on any atom is 0.193 e. The van der Waals surface area contributed by atoms with Crippen LogP contribution in [-0.2, 0) is 0 Å². The SMILES string of the molecule is CCCN1C(=S)NC(c2cc(Cl)c(O)c(OCC)c2)C(C(=O)c2ccccc2)=C1C. The molecule has 1 aliphatic heterocycles. The molecular formula is C23H25ClN2O3S. The normalized spacial score (nSPS) is 16.5. The van der Waals surface area contributed by atoms with Crippen LogP contribution in [0, 0.1) is 0 Å². The number of allylic oxidation sites excluding steroid dienone is 1. The van der Waals surface area contributed by atoms with Crippen LogP contribution in [0.2, 0.25) is 5.02 Å². The smallest absolute Gasteiger partial charge is 0.193 e. The fourth-order valence-electron chi connectivity index (χ4n) is 3.59. The first-order valence-corrected chi connectivity index (χ1v) is 10.7. The monoisotopic (exact) mass is 444 g/mol. The van der Waals surface area contributed by atoms with E-state index in [0.717, 1.165) is 12.1 Å². The molecule has 2 N–H and O–H groups in total. The summed E-state index contributed by atoms with van der Waals surface area (Å²) in [7, 11) is 0. The molecule has 30 heavy (non-hydrogen) atoms. The number of phenols is 1. The zero-order valence-electron chi connectivity index (χ0n) is 17.2. The number of hydrogen-bond donors (Lipinski definition) is 2. The van der Waals surface area contributed by atoms with Gasteiger partial charge >= 0.3 is 0 Å². The summed E-state index contributed by atoms with van der Waals surface area (Å²) in [5.41, 5.74) is 2.69. The van der Waals surface area contributed by atoms with Gasteiger partial charge in [0.05, 0.1) is 17.7 Å². The van der Waals surface area contributed by atoms with Crippen molar-refractivity contribution in [2.75, 3.05) is 13.2 Å². The van der Waals surface area contributed by atoms with E-state index in [1.807, 2.05) is 36.9 Å². The van der Waals surface area contributed by atoms with E-state index in [-0.39, 0.29) is 22.3 Å². The zero-order chi connectivity index (χ0) is 21.8. The highest BCUT2D eigenvalue weighted by Crippen LogP contribution is 2.40. The van der Waals surface area contributed by atoms with E-state index in [0.29, 0.717) is 35.0 Å². The second-order valence-electron chi connectivity index (χ2n) is 7.01. The summed E-state index contributed by atoms with van der Waals surface area (Å²) in [6.45, 7) is 6.88. The van der Waals surface area contributed by atoms with Crippen molar-refractivity contribution in [1.29, 1.82) is 0 Å². The molecule has 1 atom stereocenters. The number of carbonyl (C=O) groups is 1. The summed E-state index contributed by atoms with van der Waals surface area (Å²) < 4.78 is 5.54. The minimum Gasteiger partial charge on any atom is -0.503 e. The van der Waals surface area contributed by atoms with E-state index >= 15 is 0 Å². The lowest BCUT2D eigenvalue weighted by Crippen LogP contribution is -2.47. The van der Waals surface area contributed by atoms with Crippen molar-refractivity contribution in [1.82, 2.24) is 10.2 Å². The minimum absolute atomic E-state index is 0.0867. The largest absolute Gasteiger partial charge is 0.503 e. The van der Waals surface area contributed by atoms with Gasteiger partial charge in [-0.3, -0.25) is 4.79 Å². The third-order valence-electron chi connectivity index (χ3n) is 5.01. The van der Waals surface area contributed by atoms with Gasteiger partial charge in [-0.1, -0.05) is 48.9 Å². The van der Waals surface area contributed by atoms with E-state index < -0.39 is 6.04 Å². The van der Waals surface area contributed by atoms with Crippen molar-refractivity contribution in [3.8, 4) is 11.5 Å². The number of aromatic hydroxyl groups is 1. The molecule has 2 aromatic carbocycles. The number of ether oxygens (including phenoxy) is 1. The van der Waals surface area contributed by atoms with E-state index in [4.69, 9.17) is 28.6 Å². The Bertz CT molecular complexity index is 991. The summed E-state index contributed by atoms with van der Waals surface area (Å²) in [6, 6.07) is 12.0. The molecule has 0 bridgehead atoms. The molecule has 1 heterocycles. The number of carbonyl (C=O) groups excluding carboxylic acids is 1. The molecule has 7 heteroatoms. The van der Waals surface area contributed by atoms with Gasteiger partial charge in [-0.05, 0) is 50.2 Å². The molecule has 0 saturated heterocycles. The van der Waals surface area contributed by atoms with Crippen molar-refractivity contribution in [2.45, 2.75) is 33.2 Å². The Morgan fingerprint density at radius 3 is 2.60 bits per heavy atom. The highest BCUT2D eigenvalue weighted by atomic mass is 35.5. The first kappa shape index (κ1) is 22.1. The maximum absolute atomic E-state index is 13.5. The average molecular weight is 445 g/mol. The first-order valence-electron chi connectivity index (χ1n) is 9.92. The topological polar surface area (TPSA) is 61.8 Å². The van der Waals surface area contributed by atoms with Gasteiger partial charge < -0.3 is 20.1 Å². The summed E-state index contributed by atoms with van der Waals surface area (Å²) in [5, 5.41) is 14.2. The Kier molecular flexibility index (Phi) is 7.00. The molecule has 3 rings (SSSR count). The minimum atomic E-state index is -0.518. The number of nitrogens with zero attached hydrogens (tertiary/aromatic N) is 1. The van der Waals surface area contributed by atoms with Crippen LogP contribution in [0.3, 0.4) is 0 Å². The third-order valence-corrected chi connectivity index (χ3v) is 5.63. The number of halogens is 1. The second kappa shape index (κ2) is 9.49. The standard InChI is InChI=1S/C23H25ClN2O3S/c1-4-11-26-14(3)19(21(27)15-9-7-6-8-10-15)20(25-23(26)30)16-12-17(24)22(28)18(13-16)29-5-2/h6-10,12-13,20,28H,4-5,11H2,1-3H3,(H,25,30). The molecule has 0 spiro atoms.